The maximum Gasteiger partial charge on any atom is 0.249 e. The largest absolute Gasteiger partial charge is 0.301 e. The van der Waals surface area contributed by atoms with E-state index < -0.39 is 5.41 Å². The lowest BCUT2D eigenvalue weighted by Crippen LogP contribution is -2.61. The van der Waals surface area contributed by atoms with E-state index in [2.05, 4.69) is 5.32 Å². The maximum absolute atomic E-state index is 12.5. The lowest BCUT2D eigenvalue weighted by molar-refractivity contribution is -0.140. The first-order valence-corrected chi connectivity index (χ1v) is 6.22. The fraction of sp³-hybridized carbons (Fsp3) is 0.308. The number of benzene rings is 1. The van der Waals surface area contributed by atoms with Crippen molar-refractivity contribution in [1.82, 2.24) is 10.2 Å². The van der Waals surface area contributed by atoms with Crippen molar-refractivity contribution in [1.29, 1.82) is 0 Å². The number of fused-ring (bicyclic) bond motifs is 2. The van der Waals surface area contributed by atoms with E-state index in [4.69, 9.17) is 12.2 Å². The SMILES string of the molecule is CC1CN2C(=O)C1(c1ccccc1)C(=O)NC2=S. The van der Waals surface area contributed by atoms with E-state index in [1.165, 1.54) is 4.90 Å². The highest BCUT2D eigenvalue weighted by atomic mass is 32.1. The van der Waals surface area contributed by atoms with Gasteiger partial charge in [0.15, 0.2) is 10.5 Å². The van der Waals surface area contributed by atoms with Crippen molar-refractivity contribution < 1.29 is 9.59 Å². The molecule has 2 saturated heterocycles. The van der Waals surface area contributed by atoms with Gasteiger partial charge in [-0.3, -0.25) is 14.5 Å². The average molecular weight is 260 g/mol. The molecule has 0 spiro atoms. The Balaban J connectivity index is 2.22. The van der Waals surface area contributed by atoms with Crippen molar-refractivity contribution in [3.63, 3.8) is 0 Å². The van der Waals surface area contributed by atoms with Crippen molar-refractivity contribution >= 4 is 29.1 Å². The highest BCUT2D eigenvalue weighted by Gasteiger charge is 2.62. The monoisotopic (exact) mass is 260 g/mol. The second-order valence-electron chi connectivity index (χ2n) is 4.75. The van der Waals surface area contributed by atoms with Crippen LogP contribution >= 0.6 is 12.2 Å². The molecule has 0 saturated carbocycles. The molecule has 5 heteroatoms. The smallest absolute Gasteiger partial charge is 0.249 e. The second kappa shape index (κ2) is 3.62. The van der Waals surface area contributed by atoms with Gasteiger partial charge in [0, 0.05) is 12.5 Å². The molecule has 0 aliphatic carbocycles. The van der Waals surface area contributed by atoms with Crippen LogP contribution in [0.5, 0.6) is 0 Å². The summed E-state index contributed by atoms with van der Waals surface area (Å²) in [6.07, 6.45) is 0. The Morgan fingerprint density at radius 3 is 2.67 bits per heavy atom. The maximum atomic E-state index is 12.5. The predicted molar refractivity (Wildman–Crippen MR) is 69.7 cm³/mol. The number of amides is 2. The molecule has 2 bridgehead atoms. The van der Waals surface area contributed by atoms with E-state index in [1.54, 1.807) is 0 Å². The molecule has 2 aliphatic heterocycles. The highest BCUT2D eigenvalue weighted by Crippen LogP contribution is 2.42. The summed E-state index contributed by atoms with van der Waals surface area (Å²) < 4.78 is 0. The number of hydrogen-bond acceptors (Lipinski definition) is 3. The molecule has 2 amide bonds. The molecule has 3 rings (SSSR count). The molecular weight excluding hydrogens is 248 g/mol. The average Bonchev–Trinajstić information content (AvgIpc) is 2.57. The Labute approximate surface area is 110 Å². The van der Waals surface area contributed by atoms with Gasteiger partial charge < -0.3 is 5.32 Å². The van der Waals surface area contributed by atoms with Gasteiger partial charge in [0.2, 0.25) is 11.8 Å². The number of thiocarbonyl (C=S) groups is 1. The van der Waals surface area contributed by atoms with E-state index in [9.17, 15) is 9.59 Å². The lowest BCUT2D eigenvalue weighted by atomic mass is 9.71. The molecule has 92 valence electrons. The van der Waals surface area contributed by atoms with E-state index in [-0.39, 0.29) is 22.8 Å². The number of nitrogens with one attached hydrogen (secondary N) is 1. The van der Waals surface area contributed by atoms with Crippen molar-refractivity contribution in [2.24, 2.45) is 5.92 Å². The van der Waals surface area contributed by atoms with Crippen LogP contribution in [0.3, 0.4) is 0 Å². The van der Waals surface area contributed by atoms with Gasteiger partial charge in [-0.25, -0.2) is 0 Å². The third-order valence-corrected chi connectivity index (χ3v) is 4.15. The van der Waals surface area contributed by atoms with Crippen LogP contribution in [0.4, 0.5) is 0 Å². The van der Waals surface area contributed by atoms with E-state index in [0.29, 0.717) is 6.54 Å². The molecule has 2 aliphatic rings. The summed E-state index contributed by atoms with van der Waals surface area (Å²) in [4.78, 5) is 26.4. The minimum Gasteiger partial charge on any atom is -0.301 e. The summed E-state index contributed by atoms with van der Waals surface area (Å²) in [6.45, 7) is 2.41. The van der Waals surface area contributed by atoms with Crippen molar-refractivity contribution in [3.8, 4) is 0 Å². The van der Waals surface area contributed by atoms with Crippen LogP contribution in [-0.4, -0.2) is 28.4 Å². The summed E-state index contributed by atoms with van der Waals surface area (Å²) in [5.41, 5.74) is -0.367. The predicted octanol–water partition coefficient (Wildman–Crippen LogP) is 0.817. The number of carbonyl (C=O) groups excluding carboxylic acids is 2. The molecule has 1 aromatic rings. The summed E-state index contributed by atoms with van der Waals surface area (Å²) in [6, 6.07) is 9.20. The molecule has 1 N–H and O–H groups in total. The fourth-order valence-electron chi connectivity index (χ4n) is 2.92. The van der Waals surface area contributed by atoms with Gasteiger partial charge in [0.1, 0.15) is 0 Å². The molecule has 0 radical (unpaired) electrons. The first-order chi connectivity index (χ1) is 8.58. The third kappa shape index (κ3) is 1.17. The molecule has 2 heterocycles. The van der Waals surface area contributed by atoms with Gasteiger partial charge in [0.05, 0.1) is 0 Å². The van der Waals surface area contributed by atoms with Gasteiger partial charge in [-0.2, -0.15) is 0 Å². The van der Waals surface area contributed by atoms with E-state index >= 15 is 0 Å². The van der Waals surface area contributed by atoms with Crippen LogP contribution in [0.15, 0.2) is 30.3 Å². The Morgan fingerprint density at radius 1 is 1.33 bits per heavy atom. The number of rotatable bonds is 1. The Morgan fingerprint density at radius 2 is 2.00 bits per heavy atom. The van der Waals surface area contributed by atoms with Gasteiger partial charge in [-0.15, -0.1) is 0 Å². The van der Waals surface area contributed by atoms with Crippen LogP contribution in [0.25, 0.3) is 0 Å². The number of hydrogen-bond donors (Lipinski definition) is 1. The van der Waals surface area contributed by atoms with Crippen LogP contribution in [0.1, 0.15) is 12.5 Å². The van der Waals surface area contributed by atoms with Crippen molar-refractivity contribution in [2.45, 2.75) is 12.3 Å². The standard InChI is InChI=1S/C13H12N2O2S/c1-8-7-15-11(17)13(8,10(16)14-12(15)18)9-5-3-2-4-6-9/h2-6,8H,7H2,1H3,(H,14,16,18). The normalized spacial score (nSPS) is 30.6. The second-order valence-corrected chi connectivity index (χ2v) is 5.14. The molecule has 4 nitrogen and oxygen atoms in total. The van der Waals surface area contributed by atoms with Crippen LogP contribution in [0, 0.1) is 5.92 Å². The molecule has 0 aromatic heterocycles. The lowest BCUT2D eigenvalue weighted by Gasteiger charge is -2.34. The first-order valence-electron chi connectivity index (χ1n) is 5.81. The Kier molecular flexibility index (Phi) is 2.28. The van der Waals surface area contributed by atoms with Crippen LogP contribution in [-0.2, 0) is 15.0 Å². The van der Waals surface area contributed by atoms with E-state index in [1.807, 2.05) is 37.3 Å². The molecule has 18 heavy (non-hydrogen) atoms. The minimum atomic E-state index is -1.11. The van der Waals surface area contributed by atoms with Gasteiger partial charge in [-0.1, -0.05) is 37.3 Å². The summed E-state index contributed by atoms with van der Waals surface area (Å²) >= 11 is 5.03. The summed E-state index contributed by atoms with van der Waals surface area (Å²) in [7, 11) is 0. The van der Waals surface area contributed by atoms with Gasteiger partial charge >= 0.3 is 0 Å². The quantitative estimate of drug-likeness (QED) is 0.601. The zero-order valence-electron chi connectivity index (χ0n) is 9.84. The molecule has 2 unspecified atom stereocenters. The zero-order valence-corrected chi connectivity index (χ0v) is 10.7. The summed E-state index contributed by atoms with van der Waals surface area (Å²) in [5.74, 6) is -0.590. The molecule has 1 aromatic carbocycles. The van der Waals surface area contributed by atoms with Gasteiger partial charge in [0.25, 0.3) is 0 Å². The molecule has 2 atom stereocenters. The van der Waals surface area contributed by atoms with Crippen molar-refractivity contribution in [3.05, 3.63) is 35.9 Å². The molecular formula is C13H12N2O2S. The Hall–Kier alpha value is -1.75. The van der Waals surface area contributed by atoms with E-state index in [0.717, 1.165) is 5.56 Å². The van der Waals surface area contributed by atoms with Crippen molar-refractivity contribution in [2.75, 3.05) is 6.54 Å². The van der Waals surface area contributed by atoms with Crippen LogP contribution in [0.2, 0.25) is 0 Å². The molecule has 2 fully saturated rings. The minimum absolute atomic E-state index is 0.0900. The number of carbonyl (C=O) groups is 2. The zero-order chi connectivity index (χ0) is 12.9. The Bertz CT molecular complexity index is 557. The van der Waals surface area contributed by atoms with Crippen LogP contribution < -0.4 is 5.32 Å². The number of nitrogens with zero attached hydrogens (tertiary/aromatic N) is 1. The highest BCUT2D eigenvalue weighted by molar-refractivity contribution is 7.80. The van der Waals surface area contributed by atoms with Gasteiger partial charge in [-0.05, 0) is 17.8 Å². The fourth-order valence-corrected chi connectivity index (χ4v) is 3.17. The summed E-state index contributed by atoms with van der Waals surface area (Å²) in [5, 5.41) is 2.86. The first kappa shape index (κ1) is 11.3. The topological polar surface area (TPSA) is 49.4 Å². The third-order valence-electron chi connectivity index (χ3n) is 3.83.